The summed E-state index contributed by atoms with van der Waals surface area (Å²) in [5.74, 6) is 1.38. The molecule has 2 aromatic carbocycles. The van der Waals surface area contributed by atoms with Gasteiger partial charge in [0.25, 0.3) is 5.56 Å². The number of hydrogen-bond donors (Lipinski definition) is 0. The first kappa shape index (κ1) is 17.8. The van der Waals surface area contributed by atoms with E-state index >= 15 is 0 Å². The summed E-state index contributed by atoms with van der Waals surface area (Å²) in [6.45, 7) is 0.523. The fraction of sp³-hybridized carbons (Fsp3) is 0.0455. The summed E-state index contributed by atoms with van der Waals surface area (Å²) in [5.41, 5.74) is 1.90. The minimum atomic E-state index is -0.148. The summed E-state index contributed by atoms with van der Waals surface area (Å²) in [5, 5.41) is 6.33. The molecule has 0 saturated heterocycles. The van der Waals surface area contributed by atoms with Crippen LogP contribution in [0.25, 0.3) is 21.7 Å². The Kier molecular flexibility index (Phi) is 4.67. The lowest BCUT2D eigenvalue weighted by atomic mass is 10.2. The average molecular weight is 418 g/mol. The number of benzene rings is 2. The van der Waals surface area contributed by atoms with Crippen LogP contribution >= 0.6 is 22.7 Å². The van der Waals surface area contributed by atoms with Gasteiger partial charge in [-0.15, -0.1) is 16.4 Å². The van der Waals surface area contributed by atoms with Gasteiger partial charge in [0.2, 0.25) is 4.96 Å². The Labute approximate surface area is 174 Å². The predicted molar refractivity (Wildman–Crippen MR) is 116 cm³/mol. The number of nitrogens with zero attached hydrogens (tertiary/aromatic N) is 3. The van der Waals surface area contributed by atoms with E-state index in [1.165, 1.54) is 15.9 Å². The lowest BCUT2D eigenvalue weighted by Crippen LogP contribution is -2.23. The third-order valence-electron chi connectivity index (χ3n) is 4.35. The average Bonchev–Trinajstić information content (AvgIpc) is 3.47. The molecule has 29 heavy (non-hydrogen) atoms. The minimum absolute atomic E-state index is 0.148. The van der Waals surface area contributed by atoms with Crippen LogP contribution in [-0.4, -0.2) is 14.6 Å². The van der Waals surface area contributed by atoms with Crippen molar-refractivity contribution in [2.45, 2.75) is 6.61 Å². The van der Waals surface area contributed by atoms with Crippen LogP contribution in [0, 0.1) is 0 Å². The summed E-state index contributed by atoms with van der Waals surface area (Å²) < 4.78 is 7.79. The number of thiophene rings is 1. The molecule has 0 N–H and O–H groups in total. The second-order valence-electron chi connectivity index (χ2n) is 6.37. The molecule has 5 rings (SSSR count). The molecule has 0 saturated carbocycles. The lowest BCUT2D eigenvalue weighted by Gasteiger charge is -2.06. The van der Waals surface area contributed by atoms with Gasteiger partial charge in [-0.1, -0.05) is 59.9 Å². The van der Waals surface area contributed by atoms with Crippen LogP contribution in [0.4, 0.5) is 0 Å². The van der Waals surface area contributed by atoms with Gasteiger partial charge in [-0.3, -0.25) is 4.79 Å². The van der Waals surface area contributed by atoms with Gasteiger partial charge < -0.3 is 4.74 Å². The zero-order chi connectivity index (χ0) is 19.6. The molecule has 0 bridgehead atoms. The zero-order valence-corrected chi connectivity index (χ0v) is 16.8. The lowest BCUT2D eigenvalue weighted by molar-refractivity contribution is 0.306. The molecule has 5 nitrogen and oxygen atoms in total. The molecule has 3 aromatic heterocycles. The summed E-state index contributed by atoms with van der Waals surface area (Å²) >= 11 is 2.90. The molecule has 0 radical (unpaired) electrons. The third-order valence-corrected chi connectivity index (χ3v) is 6.17. The number of fused-ring (bicyclic) bond motifs is 1. The Morgan fingerprint density at radius 3 is 2.55 bits per heavy atom. The number of ether oxygens (including phenoxy) is 1. The standard InChI is InChI=1S/C22H15N3O2S2/c26-21-19(29-22-23-20(24-25(21)22)18-7-4-12-28-18)13-15-8-10-17(11-9-15)27-14-16-5-2-1-3-6-16/h1-13H,14H2/b19-13-. The highest BCUT2D eigenvalue weighted by Crippen LogP contribution is 2.21. The Bertz CT molecular complexity index is 1360. The Morgan fingerprint density at radius 2 is 1.83 bits per heavy atom. The Morgan fingerprint density at radius 1 is 1.00 bits per heavy atom. The SMILES string of the molecule is O=c1/c(=C/c2ccc(OCc3ccccc3)cc2)sc2nc(-c3cccs3)nn12. The summed E-state index contributed by atoms with van der Waals surface area (Å²) in [6, 6.07) is 21.6. The second-order valence-corrected chi connectivity index (χ2v) is 8.32. The quantitative estimate of drug-likeness (QED) is 0.434. The van der Waals surface area contributed by atoms with Crippen molar-refractivity contribution in [3.63, 3.8) is 0 Å². The maximum atomic E-state index is 12.7. The van der Waals surface area contributed by atoms with Crippen molar-refractivity contribution in [3.8, 4) is 16.5 Å². The normalized spacial score (nSPS) is 11.9. The molecule has 142 valence electrons. The highest BCUT2D eigenvalue weighted by molar-refractivity contribution is 7.15. The van der Waals surface area contributed by atoms with E-state index in [-0.39, 0.29) is 5.56 Å². The summed E-state index contributed by atoms with van der Waals surface area (Å²) in [4.78, 5) is 18.7. The van der Waals surface area contributed by atoms with Crippen molar-refractivity contribution < 1.29 is 4.74 Å². The molecule has 0 amide bonds. The van der Waals surface area contributed by atoms with E-state index in [0.29, 0.717) is 21.9 Å². The van der Waals surface area contributed by atoms with Crippen molar-refractivity contribution in [3.05, 3.63) is 98.1 Å². The molecular weight excluding hydrogens is 402 g/mol. The van der Waals surface area contributed by atoms with Gasteiger partial charge in [0, 0.05) is 0 Å². The number of aromatic nitrogens is 3. The molecule has 0 fully saturated rings. The molecule has 0 aliphatic heterocycles. The van der Waals surface area contributed by atoms with Crippen molar-refractivity contribution in [2.24, 2.45) is 0 Å². The molecule has 7 heteroatoms. The fourth-order valence-electron chi connectivity index (χ4n) is 2.90. The predicted octanol–water partition coefficient (Wildman–Crippen LogP) is 4.01. The van der Waals surface area contributed by atoms with E-state index in [1.54, 1.807) is 11.3 Å². The molecule has 0 unspecified atom stereocenters. The van der Waals surface area contributed by atoms with Crippen molar-refractivity contribution in [1.82, 2.24) is 14.6 Å². The minimum Gasteiger partial charge on any atom is -0.489 e. The van der Waals surface area contributed by atoms with Crippen molar-refractivity contribution in [1.29, 1.82) is 0 Å². The Hall–Kier alpha value is -3.29. The number of rotatable bonds is 5. The van der Waals surface area contributed by atoms with E-state index in [9.17, 15) is 4.79 Å². The first-order chi connectivity index (χ1) is 14.3. The second kappa shape index (κ2) is 7.62. The monoisotopic (exact) mass is 417 g/mol. The summed E-state index contributed by atoms with van der Waals surface area (Å²) in [6.07, 6.45) is 1.86. The van der Waals surface area contributed by atoms with E-state index < -0.39 is 0 Å². The molecule has 3 heterocycles. The van der Waals surface area contributed by atoms with Crippen LogP contribution in [0.5, 0.6) is 5.75 Å². The van der Waals surface area contributed by atoms with Crippen LogP contribution < -0.4 is 14.8 Å². The molecule has 5 aromatic rings. The molecule has 0 spiro atoms. The molecule has 0 aliphatic rings. The first-order valence-corrected chi connectivity index (χ1v) is 10.7. The molecule has 0 atom stereocenters. The van der Waals surface area contributed by atoms with E-state index in [0.717, 1.165) is 21.8 Å². The smallest absolute Gasteiger partial charge is 0.291 e. The van der Waals surface area contributed by atoms with Gasteiger partial charge in [0.05, 0.1) is 9.41 Å². The summed E-state index contributed by atoms with van der Waals surface area (Å²) in [7, 11) is 0. The van der Waals surface area contributed by atoms with Gasteiger partial charge in [-0.25, -0.2) is 0 Å². The maximum absolute atomic E-state index is 12.7. The third kappa shape index (κ3) is 3.70. The van der Waals surface area contributed by atoms with Gasteiger partial charge in [-0.2, -0.15) is 9.50 Å². The first-order valence-electron chi connectivity index (χ1n) is 8.98. The molecular formula is C22H15N3O2S2. The molecule has 0 aliphatic carbocycles. The fourth-order valence-corrected chi connectivity index (χ4v) is 4.46. The van der Waals surface area contributed by atoms with Crippen LogP contribution in [0.2, 0.25) is 0 Å². The van der Waals surface area contributed by atoms with Gasteiger partial charge in [0.15, 0.2) is 5.82 Å². The number of thiazole rings is 1. The van der Waals surface area contributed by atoms with Crippen molar-refractivity contribution >= 4 is 33.7 Å². The zero-order valence-electron chi connectivity index (χ0n) is 15.2. The van der Waals surface area contributed by atoms with Gasteiger partial charge in [-0.05, 0) is 40.8 Å². The topological polar surface area (TPSA) is 56.5 Å². The maximum Gasteiger partial charge on any atom is 0.291 e. The highest BCUT2D eigenvalue weighted by atomic mass is 32.1. The van der Waals surface area contributed by atoms with Gasteiger partial charge in [0.1, 0.15) is 12.4 Å². The Balaban J connectivity index is 1.37. The highest BCUT2D eigenvalue weighted by Gasteiger charge is 2.12. The van der Waals surface area contributed by atoms with Gasteiger partial charge >= 0.3 is 0 Å². The largest absolute Gasteiger partial charge is 0.489 e. The van der Waals surface area contributed by atoms with Crippen LogP contribution in [0.1, 0.15) is 11.1 Å². The van der Waals surface area contributed by atoms with Crippen molar-refractivity contribution in [2.75, 3.05) is 0 Å². The van der Waals surface area contributed by atoms with E-state index in [4.69, 9.17) is 4.74 Å². The van der Waals surface area contributed by atoms with Crippen LogP contribution in [0.3, 0.4) is 0 Å². The van der Waals surface area contributed by atoms with E-state index in [1.807, 2.05) is 78.2 Å². The van der Waals surface area contributed by atoms with E-state index in [2.05, 4.69) is 10.1 Å². The van der Waals surface area contributed by atoms with Crippen LogP contribution in [-0.2, 0) is 6.61 Å². The number of hydrogen-bond acceptors (Lipinski definition) is 6. The van der Waals surface area contributed by atoms with Crippen LogP contribution in [0.15, 0.2) is 76.9 Å².